The predicted octanol–water partition coefficient (Wildman–Crippen LogP) is 3.38. The second-order valence-corrected chi connectivity index (χ2v) is 5.98. The Labute approximate surface area is 135 Å². The first kappa shape index (κ1) is 15.5. The first-order valence-electron chi connectivity index (χ1n) is 8.14. The van der Waals surface area contributed by atoms with Gasteiger partial charge in [-0.05, 0) is 25.3 Å². The lowest BCUT2D eigenvalue weighted by molar-refractivity contribution is 0.438. The highest BCUT2D eigenvalue weighted by atomic mass is 16.1. The van der Waals surface area contributed by atoms with Crippen LogP contribution in [0.15, 0.2) is 35.3 Å². The predicted molar refractivity (Wildman–Crippen MR) is 91.8 cm³/mol. The average molecular weight is 310 g/mol. The van der Waals surface area contributed by atoms with Crippen molar-refractivity contribution in [1.82, 2.24) is 19.7 Å². The number of nitrogens with one attached hydrogen (secondary N) is 1. The smallest absolute Gasteiger partial charge is 0.262 e. The van der Waals surface area contributed by atoms with Gasteiger partial charge in [-0.15, -0.1) is 0 Å². The molecule has 0 fully saturated rings. The van der Waals surface area contributed by atoms with E-state index in [-0.39, 0.29) is 11.6 Å². The van der Waals surface area contributed by atoms with Gasteiger partial charge in [-0.3, -0.25) is 4.79 Å². The second-order valence-electron chi connectivity index (χ2n) is 5.98. The van der Waals surface area contributed by atoms with Gasteiger partial charge in [-0.25, -0.2) is 9.67 Å². The fourth-order valence-electron chi connectivity index (χ4n) is 2.98. The van der Waals surface area contributed by atoms with Gasteiger partial charge in [0.2, 0.25) is 0 Å². The Morgan fingerprint density at radius 1 is 1.26 bits per heavy atom. The highest BCUT2D eigenvalue weighted by Crippen LogP contribution is 2.19. The van der Waals surface area contributed by atoms with Gasteiger partial charge in [0, 0.05) is 6.42 Å². The molecule has 0 unspecified atom stereocenters. The normalized spacial score (nSPS) is 11.5. The number of rotatable bonds is 5. The third kappa shape index (κ3) is 3.04. The number of H-pyrrole nitrogens is 1. The Morgan fingerprint density at radius 3 is 2.74 bits per heavy atom. The van der Waals surface area contributed by atoms with E-state index in [0.29, 0.717) is 23.3 Å². The third-order valence-electron chi connectivity index (χ3n) is 4.25. The molecule has 0 spiro atoms. The van der Waals surface area contributed by atoms with Gasteiger partial charge in [0.05, 0.1) is 12.2 Å². The van der Waals surface area contributed by atoms with Crippen LogP contribution in [0.2, 0.25) is 0 Å². The Balaban J connectivity index is 2.05. The first-order chi connectivity index (χ1) is 11.1. The van der Waals surface area contributed by atoms with Gasteiger partial charge < -0.3 is 4.98 Å². The van der Waals surface area contributed by atoms with Crippen LogP contribution in [0.5, 0.6) is 0 Å². The molecule has 0 aliphatic heterocycles. The monoisotopic (exact) mass is 310 g/mol. The Kier molecular flexibility index (Phi) is 4.28. The van der Waals surface area contributed by atoms with Gasteiger partial charge in [-0.2, -0.15) is 5.10 Å². The SMILES string of the molecule is CCC(CC)n1ncc2c(=O)[nH]c(Cc3cccc(C)c3)nc21. The minimum atomic E-state index is -0.116. The number of nitrogens with zero attached hydrogens (tertiary/aromatic N) is 3. The zero-order valence-electron chi connectivity index (χ0n) is 13.8. The number of aromatic nitrogens is 4. The molecule has 1 aromatic carbocycles. The molecular formula is C18H22N4O. The standard InChI is InChI=1S/C18H22N4O/c1-4-14(5-2)22-17-15(11-19-22)18(23)21-16(20-17)10-13-8-6-7-12(3)9-13/h6-9,11,14H,4-5,10H2,1-3H3,(H,20,21,23). The highest BCUT2D eigenvalue weighted by Gasteiger charge is 2.15. The van der Waals surface area contributed by atoms with Crippen LogP contribution < -0.4 is 5.56 Å². The van der Waals surface area contributed by atoms with Crippen LogP contribution in [0.4, 0.5) is 0 Å². The van der Waals surface area contributed by atoms with Gasteiger partial charge in [-0.1, -0.05) is 43.7 Å². The van der Waals surface area contributed by atoms with Crippen LogP contribution in [-0.2, 0) is 6.42 Å². The summed E-state index contributed by atoms with van der Waals surface area (Å²) in [5.41, 5.74) is 2.91. The Morgan fingerprint density at radius 2 is 2.04 bits per heavy atom. The van der Waals surface area contributed by atoms with Crippen molar-refractivity contribution >= 4 is 11.0 Å². The minimum absolute atomic E-state index is 0.116. The van der Waals surface area contributed by atoms with Crippen LogP contribution in [0.3, 0.4) is 0 Å². The number of hydrogen-bond donors (Lipinski definition) is 1. The van der Waals surface area contributed by atoms with Crippen LogP contribution >= 0.6 is 0 Å². The third-order valence-corrected chi connectivity index (χ3v) is 4.25. The molecule has 2 heterocycles. The molecule has 5 nitrogen and oxygen atoms in total. The number of aromatic amines is 1. The zero-order valence-corrected chi connectivity index (χ0v) is 13.8. The van der Waals surface area contributed by atoms with Crippen molar-refractivity contribution in [3.8, 4) is 0 Å². The Hall–Kier alpha value is -2.43. The fourth-order valence-corrected chi connectivity index (χ4v) is 2.98. The summed E-state index contributed by atoms with van der Waals surface area (Å²) >= 11 is 0. The number of benzene rings is 1. The van der Waals surface area contributed by atoms with E-state index in [1.165, 1.54) is 5.56 Å². The number of fused-ring (bicyclic) bond motifs is 1. The van der Waals surface area contributed by atoms with Crippen molar-refractivity contribution in [3.05, 3.63) is 57.8 Å². The molecule has 0 saturated carbocycles. The maximum absolute atomic E-state index is 12.3. The second kappa shape index (κ2) is 6.36. The summed E-state index contributed by atoms with van der Waals surface area (Å²) in [6.07, 6.45) is 4.17. The molecule has 5 heteroatoms. The van der Waals surface area contributed by atoms with E-state index in [2.05, 4.69) is 54.0 Å². The Bertz CT molecular complexity index is 874. The topological polar surface area (TPSA) is 63.6 Å². The molecule has 120 valence electrons. The average Bonchev–Trinajstić information content (AvgIpc) is 2.93. The summed E-state index contributed by atoms with van der Waals surface area (Å²) in [5.74, 6) is 0.681. The van der Waals surface area contributed by atoms with Gasteiger partial charge in [0.1, 0.15) is 11.2 Å². The van der Waals surface area contributed by atoms with Gasteiger partial charge >= 0.3 is 0 Å². The summed E-state index contributed by atoms with van der Waals surface area (Å²) in [4.78, 5) is 19.9. The molecule has 0 amide bonds. The van der Waals surface area contributed by atoms with E-state index < -0.39 is 0 Å². The number of hydrogen-bond acceptors (Lipinski definition) is 3. The first-order valence-corrected chi connectivity index (χ1v) is 8.14. The van der Waals surface area contributed by atoms with Crippen molar-refractivity contribution in [1.29, 1.82) is 0 Å². The molecule has 2 aromatic heterocycles. The summed E-state index contributed by atoms with van der Waals surface area (Å²) in [7, 11) is 0. The molecule has 3 aromatic rings. The van der Waals surface area contributed by atoms with Gasteiger partial charge in [0.25, 0.3) is 5.56 Å². The lowest BCUT2D eigenvalue weighted by Gasteiger charge is -2.13. The van der Waals surface area contributed by atoms with E-state index in [1.807, 2.05) is 10.7 Å². The fraction of sp³-hybridized carbons (Fsp3) is 0.389. The molecule has 0 aliphatic rings. The molecule has 23 heavy (non-hydrogen) atoms. The van der Waals surface area contributed by atoms with Crippen LogP contribution in [-0.4, -0.2) is 19.7 Å². The zero-order chi connectivity index (χ0) is 16.4. The summed E-state index contributed by atoms with van der Waals surface area (Å²) < 4.78 is 1.89. The van der Waals surface area contributed by atoms with E-state index in [0.717, 1.165) is 18.4 Å². The van der Waals surface area contributed by atoms with Crippen molar-refractivity contribution in [2.75, 3.05) is 0 Å². The van der Waals surface area contributed by atoms with Crippen LogP contribution in [0, 0.1) is 6.92 Å². The molecule has 0 saturated heterocycles. The van der Waals surface area contributed by atoms with E-state index in [9.17, 15) is 4.79 Å². The van der Waals surface area contributed by atoms with E-state index in [1.54, 1.807) is 6.20 Å². The van der Waals surface area contributed by atoms with Gasteiger partial charge in [0.15, 0.2) is 5.65 Å². The molecular weight excluding hydrogens is 288 g/mol. The lowest BCUT2D eigenvalue weighted by Crippen LogP contribution is -2.15. The van der Waals surface area contributed by atoms with Crippen molar-refractivity contribution in [2.24, 2.45) is 0 Å². The molecule has 0 aliphatic carbocycles. The van der Waals surface area contributed by atoms with E-state index in [4.69, 9.17) is 0 Å². The molecule has 0 atom stereocenters. The molecule has 1 N–H and O–H groups in total. The van der Waals surface area contributed by atoms with Crippen molar-refractivity contribution < 1.29 is 0 Å². The summed E-state index contributed by atoms with van der Waals surface area (Å²) in [5, 5.41) is 4.95. The maximum Gasteiger partial charge on any atom is 0.262 e. The highest BCUT2D eigenvalue weighted by molar-refractivity contribution is 5.73. The molecule has 0 radical (unpaired) electrons. The summed E-state index contributed by atoms with van der Waals surface area (Å²) in [6.45, 7) is 6.32. The molecule has 0 bridgehead atoms. The van der Waals surface area contributed by atoms with Crippen LogP contribution in [0.25, 0.3) is 11.0 Å². The maximum atomic E-state index is 12.3. The van der Waals surface area contributed by atoms with Crippen LogP contribution in [0.1, 0.15) is 49.7 Å². The van der Waals surface area contributed by atoms with Crippen molar-refractivity contribution in [2.45, 2.75) is 46.1 Å². The minimum Gasteiger partial charge on any atom is -0.310 e. The van der Waals surface area contributed by atoms with Crippen molar-refractivity contribution in [3.63, 3.8) is 0 Å². The number of aryl methyl sites for hydroxylation is 1. The lowest BCUT2D eigenvalue weighted by atomic mass is 10.1. The van der Waals surface area contributed by atoms with E-state index >= 15 is 0 Å². The molecule has 3 rings (SSSR count). The summed E-state index contributed by atoms with van der Waals surface area (Å²) in [6, 6.07) is 8.52. The quantitative estimate of drug-likeness (QED) is 0.785. The largest absolute Gasteiger partial charge is 0.310 e.